The topological polar surface area (TPSA) is 98.2 Å². The average Bonchev–Trinajstić information content (AvgIpc) is 3.40. The van der Waals surface area contributed by atoms with Crippen molar-refractivity contribution < 1.29 is 24.6 Å². The lowest BCUT2D eigenvalue weighted by Crippen LogP contribution is -2.59. The van der Waals surface area contributed by atoms with Gasteiger partial charge in [0.1, 0.15) is 6.04 Å². The van der Waals surface area contributed by atoms with Crippen molar-refractivity contribution in [2.45, 2.75) is 61.2 Å². The van der Waals surface area contributed by atoms with Crippen molar-refractivity contribution in [1.82, 2.24) is 9.80 Å². The summed E-state index contributed by atoms with van der Waals surface area (Å²) in [6.45, 7) is 9.57. The zero-order valence-corrected chi connectivity index (χ0v) is 20.1. The molecule has 2 amide bonds. The summed E-state index contributed by atoms with van der Waals surface area (Å²) in [7, 11) is 0. The highest BCUT2D eigenvalue weighted by molar-refractivity contribution is 8.02. The number of carboxylic acids is 1. The quantitative estimate of drug-likeness (QED) is 0.592. The van der Waals surface area contributed by atoms with Crippen LogP contribution in [0.5, 0.6) is 0 Å². The molecule has 3 fully saturated rings. The average molecular weight is 473 g/mol. The van der Waals surface area contributed by atoms with Gasteiger partial charge in [-0.3, -0.25) is 14.4 Å². The van der Waals surface area contributed by atoms with Crippen molar-refractivity contribution in [2.24, 2.45) is 11.8 Å². The highest BCUT2D eigenvalue weighted by atomic mass is 32.2. The number of amides is 2. The Morgan fingerprint density at radius 3 is 2.55 bits per heavy atom. The first kappa shape index (κ1) is 23.8. The molecule has 6 atom stereocenters. The molecule has 1 aromatic rings. The van der Waals surface area contributed by atoms with E-state index in [0.717, 1.165) is 5.56 Å². The number of aliphatic hydroxyl groups excluding tert-OH is 1. The van der Waals surface area contributed by atoms with Crippen molar-refractivity contribution >= 4 is 29.5 Å². The third kappa shape index (κ3) is 3.58. The van der Waals surface area contributed by atoms with E-state index in [0.29, 0.717) is 19.4 Å². The molecule has 1 aromatic carbocycles. The lowest BCUT2D eigenvalue weighted by molar-refractivity contribution is -0.150. The first-order valence-electron chi connectivity index (χ1n) is 11.4. The van der Waals surface area contributed by atoms with Crippen LogP contribution in [-0.4, -0.2) is 72.5 Å². The minimum Gasteiger partial charge on any atom is -0.481 e. The summed E-state index contributed by atoms with van der Waals surface area (Å²) in [6, 6.07) is 7.57. The number of fused-ring (bicyclic) bond motifs is 1. The predicted molar refractivity (Wildman–Crippen MR) is 127 cm³/mol. The molecule has 0 radical (unpaired) electrons. The largest absolute Gasteiger partial charge is 0.481 e. The molecule has 2 N–H and O–H groups in total. The first-order valence-corrected chi connectivity index (χ1v) is 12.3. The van der Waals surface area contributed by atoms with Gasteiger partial charge >= 0.3 is 5.97 Å². The second kappa shape index (κ2) is 8.47. The maximum Gasteiger partial charge on any atom is 0.308 e. The van der Waals surface area contributed by atoms with Crippen LogP contribution in [-0.2, 0) is 14.4 Å². The molecule has 3 aliphatic rings. The Balaban J connectivity index is 1.87. The monoisotopic (exact) mass is 472 g/mol. The fourth-order valence-electron chi connectivity index (χ4n) is 5.99. The lowest BCUT2D eigenvalue weighted by atomic mass is 9.71. The summed E-state index contributed by atoms with van der Waals surface area (Å²) in [5.41, 5.74) is 0.198. The molecule has 2 unspecified atom stereocenters. The second-order valence-corrected chi connectivity index (χ2v) is 11.8. The molecule has 4 rings (SSSR count). The Labute approximate surface area is 198 Å². The Bertz CT molecular complexity index is 961. The number of rotatable bonds is 7. The van der Waals surface area contributed by atoms with Gasteiger partial charge in [0.05, 0.1) is 29.2 Å². The van der Waals surface area contributed by atoms with Crippen molar-refractivity contribution in [1.29, 1.82) is 0 Å². The number of carbonyl (C=O) groups excluding carboxylic acids is 2. The fraction of sp³-hybridized carbons (Fsp3) is 0.560. The van der Waals surface area contributed by atoms with E-state index in [2.05, 4.69) is 6.58 Å². The van der Waals surface area contributed by atoms with Crippen LogP contribution in [0.1, 0.15) is 45.2 Å². The fourth-order valence-corrected chi connectivity index (χ4v) is 8.18. The van der Waals surface area contributed by atoms with Gasteiger partial charge in [-0.05, 0) is 39.2 Å². The van der Waals surface area contributed by atoms with Gasteiger partial charge in [0.25, 0.3) is 0 Å². The molecular weight excluding hydrogens is 440 g/mol. The van der Waals surface area contributed by atoms with E-state index < -0.39 is 40.2 Å². The number of thioether (sulfide) groups is 1. The Kier molecular flexibility index (Phi) is 6.12. The molecule has 3 saturated heterocycles. The molecule has 1 spiro atoms. The molecule has 7 nitrogen and oxygen atoms in total. The SMILES string of the molecule is C=CCN(C(=O)C1N([C@H](CO)c2ccccc2)C(=O)[C@@H]2[C@@H](C(=O)O)[C@H]3CCC12S3)C(C)(C)C. The molecule has 178 valence electrons. The van der Waals surface area contributed by atoms with Crippen LogP contribution in [0.25, 0.3) is 0 Å². The normalized spacial score (nSPS) is 31.4. The molecule has 8 heteroatoms. The predicted octanol–water partition coefficient (Wildman–Crippen LogP) is 2.71. The molecule has 3 aliphatic heterocycles. The number of likely N-dealkylation sites (tertiary alicyclic amines) is 1. The number of aliphatic hydroxyl groups is 1. The third-order valence-corrected chi connectivity index (χ3v) is 9.29. The number of hydrogen-bond acceptors (Lipinski definition) is 5. The molecular formula is C25H32N2O5S. The van der Waals surface area contributed by atoms with Gasteiger partial charge in [-0.25, -0.2) is 0 Å². The Hall–Kier alpha value is -2.32. The van der Waals surface area contributed by atoms with Gasteiger partial charge in [0.15, 0.2) is 0 Å². The van der Waals surface area contributed by atoms with E-state index in [-0.39, 0.29) is 23.7 Å². The van der Waals surface area contributed by atoms with Gasteiger partial charge in [0, 0.05) is 17.3 Å². The molecule has 0 saturated carbocycles. The van der Waals surface area contributed by atoms with Crippen LogP contribution in [0.3, 0.4) is 0 Å². The van der Waals surface area contributed by atoms with Crippen LogP contribution in [0.15, 0.2) is 43.0 Å². The number of carbonyl (C=O) groups is 3. The maximum absolute atomic E-state index is 14.2. The van der Waals surface area contributed by atoms with Crippen molar-refractivity contribution in [3.8, 4) is 0 Å². The van der Waals surface area contributed by atoms with E-state index in [9.17, 15) is 24.6 Å². The smallest absolute Gasteiger partial charge is 0.308 e. The van der Waals surface area contributed by atoms with Crippen LogP contribution in [0, 0.1) is 11.8 Å². The van der Waals surface area contributed by atoms with Gasteiger partial charge < -0.3 is 20.0 Å². The van der Waals surface area contributed by atoms with E-state index in [1.165, 1.54) is 16.7 Å². The van der Waals surface area contributed by atoms with E-state index in [4.69, 9.17) is 0 Å². The van der Waals surface area contributed by atoms with Crippen LogP contribution in [0.2, 0.25) is 0 Å². The van der Waals surface area contributed by atoms with Crippen molar-refractivity contribution in [2.75, 3.05) is 13.2 Å². The second-order valence-electron chi connectivity index (χ2n) is 10.2. The number of aliphatic carboxylic acids is 1. The van der Waals surface area contributed by atoms with Gasteiger partial charge in [-0.15, -0.1) is 18.3 Å². The summed E-state index contributed by atoms with van der Waals surface area (Å²) in [5, 5.41) is 20.2. The molecule has 0 aliphatic carbocycles. The number of benzene rings is 1. The van der Waals surface area contributed by atoms with Crippen LogP contribution in [0.4, 0.5) is 0 Å². The molecule has 33 heavy (non-hydrogen) atoms. The maximum atomic E-state index is 14.2. The molecule has 2 bridgehead atoms. The number of carboxylic acid groups (broad SMARTS) is 1. The summed E-state index contributed by atoms with van der Waals surface area (Å²) in [4.78, 5) is 43.6. The summed E-state index contributed by atoms with van der Waals surface area (Å²) < 4.78 is -0.811. The van der Waals surface area contributed by atoms with E-state index in [1.54, 1.807) is 11.0 Å². The van der Waals surface area contributed by atoms with Gasteiger partial charge in [-0.1, -0.05) is 36.4 Å². The van der Waals surface area contributed by atoms with Crippen LogP contribution < -0.4 is 0 Å². The van der Waals surface area contributed by atoms with E-state index in [1.807, 2.05) is 51.1 Å². The van der Waals surface area contributed by atoms with Gasteiger partial charge in [0.2, 0.25) is 11.8 Å². The number of hydrogen-bond donors (Lipinski definition) is 2. The Morgan fingerprint density at radius 2 is 2.00 bits per heavy atom. The molecule has 0 aromatic heterocycles. The minimum atomic E-state index is -0.987. The Morgan fingerprint density at radius 1 is 1.33 bits per heavy atom. The summed E-state index contributed by atoms with van der Waals surface area (Å²) in [5.74, 6) is -3.15. The molecule has 3 heterocycles. The zero-order chi connectivity index (χ0) is 24.1. The standard InChI is InChI=1S/C25H32N2O5S/c1-5-13-26(24(2,3)4)22(30)20-25-12-11-17(33-25)18(23(31)32)19(25)21(29)27(20)16(14-28)15-9-7-6-8-10-15/h5-10,16-20,28H,1,11-14H2,2-4H3,(H,31,32)/t16-,17-,18+,19+,20?,25?/m1/s1. The summed E-state index contributed by atoms with van der Waals surface area (Å²) >= 11 is 1.50. The van der Waals surface area contributed by atoms with E-state index >= 15 is 0 Å². The highest BCUT2D eigenvalue weighted by Crippen LogP contribution is 2.67. The van der Waals surface area contributed by atoms with Gasteiger partial charge in [-0.2, -0.15) is 0 Å². The minimum absolute atomic E-state index is 0.180. The number of nitrogens with zero attached hydrogens (tertiary/aromatic N) is 2. The lowest BCUT2D eigenvalue weighted by Gasteiger charge is -2.43. The third-order valence-electron chi connectivity index (χ3n) is 7.34. The first-order chi connectivity index (χ1) is 15.6. The summed E-state index contributed by atoms with van der Waals surface area (Å²) in [6.07, 6.45) is 2.93. The zero-order valence-electron chi connectivity index (χ0n) is 19.3. The van der Waals surface area contributed by atoms with Crippen LogP contribution >= 0.6 is 11.8 Å². The highest BCUT2D eigenvalue weighted by Gasteiger charge is 2.74. The van der Waals surface area contributed by atoms with Crippen molar-refractivity contribution in [3.05, 3.63) is 48.6 Å². The van der Waals surface area contributed by atoms with Crippen molar-refractivity contribution in [3.63, 3.8) is 0 Å².